The fraction of sp³-hybridized carbons (Fsp3) is 0.400. The molecule has 0 aliphatic heterocycles. The maximum atomic E-state index is 8.40. The van der Waals surface area contributed by atoms with E-state index >= 15 is 0 Å². The van der Waals surface area contributed by atoms with Gasteiger partial charge in [-0.1, -0.05) is 36.5 Å². The van der Waals surface area contributed by atoms with Crippen molar-refractivity contribution in [3.8, 4) is 0 Å². The molecule has 0 amide bonds. The van der Waals surface area contributed by atoms with Crippen LogP contribution in [0.15, 0.2) is 36.5 Å². The molecular formula is C10H16O2. The zero-order valence-corrected chi connectivity index (χ0v) is 7.19. The molecule has 0 saturated carbocycles. The Morgan fingerprint density at radius 2 is 1.25 bits per heavy atom. The van der Waals surface area contributed by atoms with Gasteiger partial charge in [-0.15, -0.1) is 0 Å². The van der Waals surface area contributed by atoms with Crippen LogP contribution in [0, 0.1) is 0 Å². The molecule has 2 nitrogen and oxygen atoms in total. The van der Waals surface area contributed by atoms with Gasteiger partial charge in [0.1, 0.15) is 0 Å². The maximum Gasteiger partial charge on any atom is 0.0615 e. The molecule has 2 N–H and O–H groups in total. The summed E-state index contributed by atoms with van der Waals surface area (Å²) >= 11 is 0. The van der Waals surface area contributed by atoms with Gasteiger partial charge in [0.25, 0.3) is 0 Å². The number of unbranched alkanes of at least 4 members (excludes halogenated alkanes) is 1. The van der Waals surface area contributed by atoms with Crippen LogP contribution in [-0.4, -0.2) is 23.4 Å². The van der Waals surface area contributed by atoms with E-state index in [0.717, 1.165) is 12.8 Å². The largest absolute Gasteiger partial charge is 0.392 e. The van der Waals surface area contributed by atoms with Gasteiger partial charge in [-0.25, -0.2) is 0 Å². The molecule has 0 aromatic heterocycles. The third-order valence-electron chi connectivity index (χ3n) is 1.26. The number of allylic oxidation sites excluding steroid dienone is 4. The van der Waals surface area contributed by atoms with Crippen molar-refractivity contribution in [2.45, 2.75) is 12.8 Å². The SMILES string of the molecule is OC/C=C\C=C\CC/C=C/CO. The summed E-state index contributed by atoms with van der Waals surface area (Å²) in [7, 11) is 0. The average molecular weight is 168 g/mol. The van der Waals surface area contributed by atoms with E-state index in [1.165, 1.54) is 0 Å². The van der Waals surface area contributed by atoms with Crippen LogP contribution >= 0.6 is 0 Å². The van der Waals surface area contributed by atoms with Crippen molar-refractivity contribution in [2.75, 3.05) is 13.2 Å². The van der Waals surface area contributed by atoms with Crippen molar-refractivity contribution in [1.29, 1.82) is 0 Å². The molecule has 0 saturated heterocycles. The number of rotatable bonds is 6. The lowest BCUT2D eigenvalue weighted by Gasteiger charge is -1.84. The topological polar surface area (TPSA) is 40.5 Å². The second-order valence-corrected chi connectivity index (χ2v) is 2.27. The lowest BCUT2D eigenvalue weighted by molar-refractivity contribution is 0.342. The molecule has 0 rings (SSSR count). The quantitative estimate of drug-likeness (QED) is 0.358. The summed E-state index contributed by atoms with van der Waals surface area (Å²) in [4.78, 5) is 0. The van der Waals surface area contributed by atoms with E-state index in [1.54, 1.807) is 12.2 Å². The second kappa shape index (κ2) is 10.1. The summed E-state index contributed by atoms with van der Waals surface area (Å²) in [6.45, 7) is 0.211. The normalized spacial score (nSPS) is 12.5. The van der Waals surface area contributed by atoms with Crippen LogP contribution < -0.4 is 0 Å². The predicted molar refractivity (Wildman–Crippen MR) is 50.8 cm³/mol. The van der Waals surface area contributed by atoms with Crippen LogP contribution in [0.3, 0.4) is 0 Å². The highest BCUT2D eigenvalue weighted by Gasteiger charge is 1.74. The molecule has 0 heterocycles. The summed E-state index contributed by atoms with van der Waals surface area (Å²) in [5, 5.41) is 16.8. The van der Waals surface area contributed by atoms with Crippen LogP contribution in [0.5, 0.6) is 0 Å². The predicted octanol–water partition coefficient (Wildman–Crippen LogP) is 1.42. The van der Waals surface area contributed by atoms with Gasteiger partial charge in [0.05, 0.1) is 13.2 Å². The first-order chi connectivity index (χ1) is 5.91. The number of aliphatic hydroxyl groups is 2. The van der Waals surface area contributed by atoms with Gasteiger partial charge in [0, 0.05) is 0 Å². The Morgan fingerprint density at radius 3 is 1.92 bits per heavy atom. The van der Waals surface area contributed by atoms with E-state index < -0.39 is 0 Å². The van der Waals surface area contributed by atoms with Gasteiger partial charge in [0.15, 0.2) is 0 Å². The van der Waals surface area contributed by atoms with E-state index in [2.05, 4.69) is 0 Å². The first kappa shape index (κ1) is 11.1. The smallest absolute Gasteiger partial charge is 0.0615 e. The summed E-state index contributed by atoms with van der Waals surface area (Å²) in [5.41, 5.74) is 0. The maximum absolute atomic E-state index is 8.40. The Hall–Kier alpha value is -0.860. The molecule has 0 aliphatic rings. The highest BCUT2D eigenvalue weighted by atomic mass is 16.3. The fourth-order valence-electron chi connectivity index (χ4n) is 0.699. The lowest BCUT2D eigenvalue weighted by Crippen LogP contribution is -1.71. The first-order valence-electron chi connectivity index (χ1n) is 4.10. The zero-order chi connectivity index (χ0) is 9.07. The second-order valence-electron chi connectivity index (χ2n) is 2.27. The van der Waals surface area contributed by atoms with Crippen LogP contribution in [-0.2, 0) is 0 Å². The van der Waals surface area contributed by atoms with Crippen LogP contribution in [0.4, 0.5) is 0 Å². The van der Waals surface area contributed by atoms with E-state index in [0.29, 0.717) is 0 Å². The number of aliphatic hydroxyl groups excluding tert-OH is 2. The molecule has 2 heteroatoms. The zero-order valence-electron chi connectivity index (χ0n) is 7.19. The summed E-state index contributed by atoms with van der Waals surface area (Å²) < 4.78 is 0. The van der Waals surface area contributed by atoms with Crippen molar-refractivity contribution in [2.24, 2.45) is 0 Å². The Bertz CT molecular complexity index is 157. The fourth-order valence-corrected chi connectivity index (χ4v) is 0.699. The van der Waals surface area contributed by atoms with Gasteiger partial charge >= 0.3 is 0 Å². The van der Waals surface area contributed by atoms with Crippen LogP contribution in [0.2, 0.25) is 0 Å². The van der Waals surface area contributed by atoms with Crippen molar-refractivity contribution in [3.63, 3.8) is 0 Å². The van der Waals surface area contributed by atoms with Gasteiger partial charge in [-0.3, -0.25) is 0 Å². The van der Waals surface area contributed by atoms with Gasteiger partial charge in [-0.05, 0) is 12.8 Å². The Kier molecular flexibility index (Phi) is 9.41. The molecule has 0 aromatic rings. The summed E-state index contributed by atoms with van der Waals surface area (Å²) in [5.74, 6) is 0. The van der Waals surface area contributed by atoms with Crippen molar-refractivity contribution >= 4 is 0 Å². The molecule has 0 aromatic carbocycles. The highest BCUT2D eigenvalue weighted by molar-refractivity contribution is 5.02. The minimum absolute atomic E-state index is 0.0920. The van der Waals surface area contributed by atoms with Gasteiger partial charge in [0.2, 0.25) is 0 Å². The molecule has 68 valence electrons. The lowest BCUT2D eigenvalue weighted by atomic mass is 10.2. The molecule has 0 aliphatic carbocycles. The van der Waals surface area contributed by atoms with E-state index in [1.807, 2.05) is 24.3 Å². The standard InChI is InChI=1S/C10H16O2/c11-9-7-5-3-1-2-4-6-8-10-12/h1,3,5-8,11-12H,2,4,9-10H2/b3-1+,7-5-,8-6+. The monoisotopic (exact) mass is 168 g/mol. The van der Waals surface area contributed by atoms with Crippen LogP contribution in [0.25, 0.3) is 0 Å². The molecular weight excluding hydrogens is 152 g/mol. The minimum Gasteiger partial charge on any atom is -0.392 e. The molecule has 0 unspecified atom stereocenters. The van der Waals surface area contributed by atoms with E-state index in [-0.39, 0.29) is 13.2 Å². The van der Waals surface area contributed by atoms with Crippen molar-refractivity contribution in [3.05, 3.63) is 36.5 Å². The van der Waals surface area contributed by atoms with Gasteiger partial charge < -0.3 is 10.2 Å². The van der Waals surface area contributed by atoms with Gasteiger partial charge in [-0.2, -0.15) is 0 Å². The van der Waals surface area contributed by atoms with Crippen molar-refractivity contribution in [1.82, 2.24) is 0 Å². The molecule has 0 bridgehead atoms. The summed E-state index contributed by atoms with van der Waals surface area (Å²) in [6.07, 6.45) is 13.0. The molecule has 0 fully saturated rings. The van der Waals surface area contributed by atoms with Crippen LogP contribution in [0.1, 0.15) is 12.8 Å². The van der Waals surface area contributed by atoms with E-state index in [4.69, 9.17) is 10.2 Å². The Balaban J connectivity index is 3.24. The third-order valence-corrected chi connectivity index (χ3v) is 1.26. The Morgan fingerprint density at radius 1 is 0.667 bits per heavy atom. The molecule has 12 heavy (non-hydrogen) atoms. The number of hydrogen-bond donors (Lipinski definition) is 2. The Labute approximate surface area is 73.5 Å². The highest BCUT2D eigenvalue weighted by Crippen LogP contribution is 1.92. The summed E-state index contributed by atoms with van der Waals surface area (Å²) in [6, 6.07) is 0. The minimum atomic E-state index is 0.0920. The third kappa shape index (κ3) is 9.14. The average Bonchev–Trinajstić information content (AvgIpc) is 2.10. The molecule has 0 radical (unpaired) electrons. The van der Waals surface area contributed by atoms with E-state index in [9.17, 15) is 0 Å². The molecule has 0 spiro atoms. The molecule has 0 atom stereocenters. The number of hydrogen-bond acceptors (Lipinski definition) is 2. The van der Waals surface area contributed by atoms with Crippen molar-refractivity contribution < 1.29 is 10.2 Å². The first-order valence-corrected chi connectivity index (χ1v) is 4.10.